The molecule has 5 rings (SSSR count). The smallest absolute Gasteiger partial charge is 0.246 e. The number of amides is 1. The number of piperazine rings is 1. The standard InChI is InChI=1S/C21H23N5O3S2/c27-21(25-14-12-24(13-15-25)16-6-2-1-3-7-16)18-9-5-11-26(18)31(28,29)19-10-4-8-17-20(19)23-30-22-17/h1-4,6-8,10,18H,5,9,11-15H2/t18-/m0/s1. The summed E-state index contributed by atoms with van der Waals surface area (Å²) in [6.07, 6.45) is 1.22. The van der Waals surface area contributed by atoms with Crippen LogP contribution in [-0.2, 0) is 14.8 Å². The van der Waals surface area contributed by atoms with Crippen LogP contribution in [0.5, 0.6) is 0 Å². The lowest BCUT2D eigenvalue weighted by Crippen LogP contribution is -2.54. The zero-order valence-corrected chi connectivity index (χ0v) is 18.6. The topological polar surface area (TPSA) is 86.7 Å². The Morgan fingerprint density at radius 1 is 0.935 bits per heavy atom. The van der Waals surface area contributed by atoms with Crippen LogP contribution in [0.4, 0.5) is 5.69 Å². The van der Waals surface area contributed by atoms with Crippen molar-refractivity contribution >= 4 is 44.4 Å². The third-order valence-corrected chi connectivity index (χ3v) is 8.52. The zero-order chi connectivity index (χ0) is 21.4. The minimum Gasteiger partial charge on any atom is -0.368 e. The number of carbonyl (C=O) groups excluding carboxylic acids is 1. The normalized spacial score (nSPS) is 20.5. The number of benzene rings is 2. The van der Waals surface area contributed by atoms with E-state index < -0.39 is 16.1 Å². The number of nitrogens with zero attached hydrogens (tertiary/aromatic N) is 5. The Hall–Kier alpha value is -2.56. The summed E-state index contributed by atoms with van der Waals surface area (Å²) in [7, 11) is -3.84. The Morgan fingerprint density at radius 2 is 1.71 bits per heavy atom. The molecule has 2 aliphatic rings. The maximum Gasteiger partial charge on any atom is 0.246 e. The van der Waals surface area contributed by atoms with Crippen LogP contribution in [-0.4, -0.2) is 71.0 Å². The second-order valence-corrected chi connectivity index (χ2v) is 10.2. The molecule has 0 N–H and O–H groups in total. The fourth-order valence-corrected chi connectivity index (χ4v) is 6.83. The van der Waals surface area contributed by atoms with Gasteiger partial charge in [0.15, 0.2) is 0 Å². The predicted molar refractivity (Wildman–Crippen MR) is 120 cm³/mol. The molecule has 3 heterocycles. The molecular weight excluding hydrogens is 434 g/mol. The Kier molecular flexibility index (Phi) is 5.37. The summed E-state index contributed by atoms with van der Waals surface area (Å²) in [5.41, 5.74) is 2.08. The molecule has 31 heavy (non-hydrogen) atoms. The van der Waals surface area contributed by atoms with E-state index in [9.17, 15) is 13.2 Å². The summed E-state index contributed by atoms with van der Waals surface area (Å²) >= 11 is 0.991. The molecule has 0 radical (unpaired) electrons. The van der Waals surface area contributed by atoms with E-state index in [-0.39, 0.29) is 10.8 Å². The van der Waals surface area contributed by atoms with Gasteiger partial charge in [-0.2, -0.15) is 13.1 Å². The second-order valence-electron chi connectivity index (χ2n) is 7.81. The number of aromatic nitrogens is 2. The predicted octanol–water partition coefficient (Wildman–Crippen LogP) is 2.19. The first-order chi connectivity index (χ1) is 15.1. The van der Waals surface area contributed by atoms with Gasteiger partial charge in [-0.25, -0.2) is 8.42 Å². The van der Waals surface area contributed by atoms with Gasteiger partial charge in [0.25, 0.3) is 0 Å². The van der Waals surface area contributed by atoms with Gasteiger partial charge in [0.2, 0.25) is 15.9 Å². The van der Waals surface area contributed by atoms with E-state index in [1.54, 1.807) is 18.2 Å². The maximum atomic E-state index is 13.5. The van der Waals surface area contributed by atoms with Crippen molar-refractivity contribution < 1.29 is 13.2 Å². The molecule has 2 aromatic carbocycles. The van der Waals surface area contributed by atoms with Crippen molar-refractivity contribution in [3.8, 4) is 0 Å². The largest absolute Gasteiger partial charge is 0.368 e. The number of anilines is 1. The molecule has 2 fully saturated rings. The maximum absolute atomic E-state index is 13.5. The molecule has 3 aromatic rings. The molecule has 0 aliphatic carbocycles. The van der Waals surface area contributed by atoms with Crippen LogP contribution >= 0.6 is 11.7 Å². The molecule has 1 atom stereocenters. The summed E-state index contributed by atoms with van der Waals surface area (Å²) in [4.78, 5) is 17.5. The lowest BCUT2D eigenvalue weighted by Gasteiger charge is -2.38. The SMILES string of the molecule is O=C([C@@H]1CCCN1S(=O)(=O)c1cccc2nsnc12)N1CCN(c2ccccc2)CC1. The molecule has 8 nitrogen and oxygen atoms in total. The highest BCUT2D eigenvalue weighted by Gasteiger charge is 2.42. The fourth-order valence-electron chi connectivity index (χ4n) is 4.43. The lowest BCUT2D eigenvalue weighted by atomic mass is 10.1. The first-order valence-electron chi connectivity index (χ1n) is 10.4. The summed E-state index contributed by atoms with van der Waals surface area (Å²) in [6.45, 7) is 2.99. The summed E-state index contributed by atoms with van der Waals surface area (Å²) in [5, 5.41) is 0. The number of sulfonamides is 1. The van der Waals surface area contributed by atoms with E-state index >= 15 is 0 Å². The number of fused-ring (bicyclic) bond motifs is 1. The van der Waals surface area contributed by atoms with Crippen LogP contribution in [0.3, 0.4) is 0 Å². The van der Waals surface area contributed by atoms with E-state index in [4.69, 9.17) is 0 Å². The van der Waals surface area contributed by atoms with E-state index in [1.807, 2.05) is 23.1 Å². The minimum atomic E-state index is -3.84. The van der Waals surface area contributed by atoms with Crippen LogP contribution < -0.4 is 4.90 Å². The van der Waals surface area contributed by atoms with Gasteiger partial charge in [-0.05, 0) is 37.1 Å². The molecule has 162 valence electrons. The highest BCUT2D eigenvalue weighted by molar-refractivity contribution is 7.89. The highest BCUT2D eigenvalue weighted by atomic mass is 32.2. The quantitative estimate of drug-likeness (QED) is 0.597. The third-order valence-electron chi connectivity index (χ3n) is 6.04. The van der Waals surface area contributed by atoms with Crippen molar-refractivity contribution in [3.63, 3.8) is 0 Å². The van der Waals surface area contributed by atoms with E-state index in [1.165, 1.54) is 4.31 Å². The Morgan fingerprint density at radius 3 is 2.48 bits per heavy atom. The van der Waals surface area contributed by atoms with Crippen molar-refractivity contribution in [1.29, 1.82) is 0 Å². The van der Waals surface area contributed by atoms with Gasteiger partial charge in [0.1, 0.15) is 22.0 Å². The number of para-hydroxylation sites is 1. The van der Waals surface area contributed by atoms with E-state index in [2.05, 4.69) is 25.8 Å². The summed E-state index contributed by atoms with van der Waals surface area (Å²) < 4.78 is 36.6. The van der Waals surface area contributed by atoms with Crippen LogP contribution in [0.2, 0.25) is 0 Å². The third kappa shape index (κ3) is 3.68. The fraction of sp³-hybridized carbons (Fsp3) is 0.381. The molecule has 2 saturated heterocycles. The molecule has 0 bridgehead atoms. The van der Waals surface area contributed by atoms with E-state index in [0.717, 1.165) is 30.5 Å². The molecule has 0 unspecified atom stereocenters. The number of hydrogen-bond acceptors (Lipinski definition) is 7. The molecule has 2 aliphatic heterocycles. The van der Waals surface area contributed by atoms with Crippen molar-refractivity contribution in [1.82, 2.24) is 18.0 Å². The molecule has 0 spiro atoms. The van der Waals surface area contributed by atoms with Crippen LogP contribution in [0.25, 0.3) is 11.0 Å². The molecule has 1 amide bonds. The van der Waals surface area contributed by atoms with Gasteiger partial charge in [-0.1, -0.05) is 24.3 Å². The lowest BCUT2D eigenvalue weighted by molar-refractivity contribution is -0.134. The summed E-state index contributed by atoms with van der Waals surface area (Å²) in [5.74, 6) is -0.0997. The van der Waals surface area contributed by atoms with Crippen molar-refractivity contribution in [3.05, 3.63) is 48.5 Å². The van der Waals surface area contributed by atoms with Crippen LogP contribution in [0, 0.1) is 0 Å². The van der Waals surface area contributed by atoms with Gasteiger partial charge < -0.3 is 9.80 Å². The molecule has 0 saturated carbocycles. The monoisotopic (exact) mass is 457 g/mol. The first kappa shape index (κ1) is 20.3. The van der Waals surface area contributed by atoms with Gasteiger partial charge >= 0.3 is 0 Å². The highest BCUT2D eigenvalue weighted by Crippen LogP contribution is 2.31. The average Bonchev–Trinajstić information content (AvgIpc) is 3.49. The van der Waals surface area contributed by atoms with Crippen molar-refractivity contribution in [2.45, 2.75) is 23.8 Å². The van der Waals surface area contributed by atoms with Crippen LogP contribution in [0.15, 0.2) is 53.4 Å². The Bertz CT molecular complexity index is 1190. The first-order valence-corrected chi connectivity index (χ1v) is 12.5. The van der Waals surface area contributed by atoms with Gasteiger partial charge in [0, 0.05) is 38.4 Å². The second kappa shape index (κ2) is 8.18. The average molecular weight is 458 g/mol. The zero-order valence-electron chi connectivity index (χ0n) is 16.9. The van der Waals surface area contributed by atoms with E-state index in [0.29, 0.717) is 43.5 Å². The van der Waals surface area contributed by atoms with Crippen molar-refractivity contribution in [2.24, 2.45) is 0 Å². The number of carbonyl (C=O) groups is 1. The van der Waals surface area contributed by atoms with Gasteiger partial charge in [-0.15, -0.1) is 0 Å². The number of hydrogen-bond donors (Lipinski definition) is 0. The molecular formula is C21H23N5O3S2. The molecule has 1 aromatic heterocycles. The van der Waals surface area contributed by atoms with Crippen molar-refractivity contribution in [2.75, 3.05) is 37.6 Å². The van der Waals surface area contributed by atoms with Gasteiger partial charge in [0.05, 0.1) is 11.7 Å². The molecule has 10 heteroatoms. The van der Waals surface area contributed by atoms with Gasteiger partial charge in [-0.3, -0.25) is 4.79 Å². The van der Waals surface area contributed by atoms with Crippen LogP contribution in [0.1, 0.15) is 12.8 Å². The summed E-state index contributed by atoms with van der Waals surface area (Å²) in [6, 6.07) is 14.4. The Labute approximate surface area is 185 Å². The minimum absolute atomic E-state index is 0.0997. The number of rotatable bonds is 4. The Balaban J connectivity index is 1.33.